The van der Waals surface area contributed by atoms with E-state index in [2.05, 4.69) is 10.3 Å². The van der Waals surface area contributed by atoms with Crippen molar-refractivity contribution in [3.63, 3.8) is 0 Å². The van der Waals surface area contributed by atoms with Crippen molar-refractivity contribution in [1.29, 1.82) is 0 Å². The minimum Gasteiger partial charge on any atom is -0.444 e. The molecule has 1 amide bonds. The molecule has 0 bridgehead atoms. The minimum atomic E-state index is -0.465. The largest absolute Gasteiger partial charge is 0.444 e. The van der Waals surface area contributed by atoms with Crippen LogP contribution in [0.5, 0.6) is 0 Å². The molecular formula is C15H21N3O3S. The van der Waals surface area contributed by atoms with Gasteiger partial charge >= 0.3 is 6.09 Å². The second-order valence-electron chi connectivity index (χ2n) is 6.40. The number of rotatable bonds is 0. The van der Waals surface area contributed by atoms with Crippen molar-refractivity contribution >= 4 is 28.8 Å². The van der Waals surface area contributed by atoms with E-state index in [4.69, 9.17) is 9.47 Å². The zero-order valence-corrected chi connectivity index (χ0v) is 14.0. The van der Waals surface area contributed by atoms with Gasteiger partial charge in [-0.3, -0.25) is 0 Å². The van der Waals surface area contributed by atoms with Crippen LogP contribution in [0.4, 0.5) is 9.80 Å². The van der Waals surface area contributed by atoms with E-state index < -0.39 is 5.60 Å². The summed E-state index contributed by atoms with van der Waals surface area (Å²) in [7, 11) is 0. The van der Waals surface area contributed by atoms with E-state index in [0.29, 0.717) is 26.4 Å². The molecule has 0 radical (unpaired) electrons. The summed E-state index contributed by atoms with van der Waals surface area (Å²) in [5.74, 6) is 0. The van der Waals surface area contributed by atoms with Crippen molar-refractivity contribution in [2.75, 3.05) is 18.6 Å². The van der Waals surface area contributed by atoms with Gasteiger partial charge in [0, 0.05) is 17.0 Å². The number of thiophene rings is 1. The van der Waals surface area contributed by atoms with Gasteiger partial charge < -0.3 is 19.7 Å². The number of amides is 1. The number of hydrogen-bond donors (Lipinski definition) is 1. The fourth-order valence-electron chi connectivity index (χ4n) is 2.56. The van der Waals surface area contributed by atoms with Crippen LogP contribution in [0.1, 0.15) is 36.8 Å². The Bertz CT molecular complexity index is 604. The summed E-state index contributed by atoms with van der Waals surface area (Å²) >= 11 is 1.67. The maximum absolute atomic E-state index is 12.2. The quantitative estimate of drug-likeness (QED) is 0.797. The Morgan fingerprint density at radius 3 is 3.05 bits per heavy atom. The van der Waals surface area contributed by atoms with Gasteiger partial charge in [0.1, 0.15) is 12.3 Å². The molecule has 3 rings (SSSR count). The molecule has 7 heteroatoms. The Hall–Kier alpha value is -1.60. The Morgan fingerprint density at radius 1 is 1.45 bits per heavy atom. The van der Waals surface area contributed by atoms with Crippen LogP contribution in [0.15, 0.2) is 4.99 Å². The molecule has 0 aliphatic carbocycles. The number of carbonyl (C=O) groups is 1. The van der Waals surface area contributed by atoms with Gasteiger partial charge in [0.05, 0.1) is 24.5 Å². The summed E-state index contributed by atoms with van der Waals surface area (Å²) in [6.07, 6.45) is 2.26. The van der Waals surface area contributed by atoms with Gasteiger partial charge in [-0.05, 0) is 32.8 Å². The number of aliphatic imine (C=N–C) groups is 1. The zero-order chi connectivity index (χ0) is 15.7. The van der Waals surface area contributed by atoms with Crippen LogP contribution in [-0.2, 0) is 29.0 Å². The first-order valence-electron chi connectivity index (χ1n) is 7.38. The van der Waals surface area contributed by atoms with Crippen molar-refractivity contribution < 1.29 is 14.3 Å². The van der Waals surface area contributed by atoms with E-state index in [1.54, 1.807) is 22.6 Å². The molecule has 2 aliphatic rings. The number of anilines is 1. The van der Waals surface area contributed by atoms with Crippen LogP contribution < -0.4 is 5.32 Å². The average molecular weight is 323 g/mol. The van der Waals surface area contributed by atoms with Crippen molar-refractivity contribution in [2.24, 2.45) is 4.99 Å². The van der Waals surface area contributed by atoms with E-state index in [0.717, 1.165) is 11.4 Å². The second kappa shape index (κ2) is 5.89. The minimum absolute atomic E-state index is 0.246. The third-order valence-corrected chi connectivity index (χ3v) is 4.71. The molecule has 0 aromatic carbocycles. The number of fused-ring (bicyclic) bond motifs is 3. The lowest BCUT2D eigenvalue weighted by atomic mass is 10.0. The van der Waals surface area contributed by atoms with Crippen molar-refractivity contribution in [3.8, 4) is 0 Å². The Morgan fingerprint density at radius 2 is 2.27 bits per heavy atom. The van der Waals surface area contributed by atoms with Gasteiger partial charge in [-0.2, -0.15) is 0 Å². The fraction of sp³-hybridized carbons (Fsp3) is 0.600. The van der Waals surface area contributed by atoms with Crippen LogP contribution in [-0.4, -0.2) is 36.2 Å². The number of nitrogens with zero attached hydrogens (tertiary/aromatic N) is 2. The molecule has 120 valence electrons. The highest BCUT2D eigenvalue weighted by Gasteiger charge is 2.29. The van der Waals surface area contributed by atoms with Crippen LogP contribution in [0, 0.1) is 0 Å². The molecule has 1 aromatic rings. The highest BCUT2D eigenvalue weighted by Crippen LogP contribution is 2.38. The van der Waals surface area contributed by atoms with Crippen LogP contribution in [0.25, 0.3) is 0 Å². The molecule has 1 aromatic heterocycles. The van der Waals surface area contributed by atoms with Crippen LogP contribution >= 0.6 is 11.3 Å². The molecule has 6 nitrogen and oxygen atoms in total. The molecule has 0 atom stereocenters. The Balaban J connectivity index is 1.78. The number of ether oxygens (including phenoxy) is 2. The lowest BCUT2D eigenvalue weighted by Gasteiger charge is -2.30. The predicted octanol–water partition coefficient (Wildman–Crippen LogP) is 2.97. The maximum atomic E-state index is 12.2. The maximum Gasteiger partial charge on any atom is 0.410 e. The zero-order valence-electron chi connectivity index (χ0n) is 13.1. The Kier molecular flexibility index (Phi) is 4.10. The monoisotopic (exact) mass is 323 g/mol. The number of nitrogens with one attached hydrogen (secondary N) is 1. The highest BCUT2D eigenvalue weighted by molar-refractivity contribution is 7.16. The Labute approximate surface area is 134 Å². The van der Waals surface area contributed by atoms with E-state index in [1.807, 2.05) is 20.8 Å². The van der Waals surface area contributed by atoms with Crippen molar-refractivity contribution in [2.45, 2.75) is 45.9 Å². The van der Waals surface area contributed by atoms with Crippen molar-refractivity contribution in [1.82, 2.24) is 4.90 Å². The highest BCUT2D eigenvalue weighted by atomic mass is 32.1. The van der Waals surface area contributed by atoms with Gasteiger partial charge in [-0.1, -0.05) is 0 Å². The summed E-state index contributed by atoms with van der Waals surface area (Å²) in [6.45, 7) is 7.88. The predicted molar refractivity (Wildman–Crippen MR) is 86.4 cm³/mol. The van der Waals surface area contributed by atoms with Crippen LogP contribution in [0.3, 0.4) is 0 Å². The first-order chi connectivity index (χ1) is 10.4. The number of carbonyl (C=O) groups excluding carboxylic acids is 1. The van der Waals surface area contributed by atoms with Gasteiger partial charge in [0.15, 0.2) is 0 Å². The molecule has 0 spiro atoms. The molecule has 3 heterocycles. The van der Waals surface area contributed by atoms with Gasteiger partial charge in [0.25, 0.3) is 0 Å². The van der Waals surface area contributed by atoms with Crippen molar-refractivity contribution in [3.05, 3.63) is 16.0 Å². The molecule has 22 heavy (non-hydrogen) atoms. The van der Waals surface area contributed by atoms with Gasteiger partial charge in [-0.25, -0.2) is 9.79 Å². The first kappa shape index (κ1) is 15.3. The summed E-state index contributed by atoms with van der Waals surface area (Å²) in [6, 6.07) is 0. The van der Waals surface area contributed by atoms with E-state index >= 15 is 0 Å². The summed E-state index contributed by atoms with van der Waals surface area (Å²) in [5.41, 5.74) is 2.05. The second-order valence-corrected chi connectivity index (χ2v) is 7.50. The summed E-state index contributed by atoms with van der Waals surface area (Å²) in [5, 5.41) is 4.29. The molecule has 1 N–H and O–H groups in total. The first-order valence-corrected chi connectivity index (χ1v) is 8.19. The van der Waals surface area contributed by atoms with Crippen LogP contribution in [0.2, 0.25) is 0 Å². The topological polar surface area (TPSA) is 63.2 Å². The molecule has 0 saturated carbocycles. The lowest BCUT2D eigenvalue weighted by Crippen LogP contribution is -2.39. The third kappa shape index (κ3) is 3.25. The fourth-order valence-corrected chi connectivity index (χ4v) is 3.79. The molecular weight excluding hydrogens is 302 g/mol. The average Bonchev–Trinajstić information content (AvgIpc) is 2.73. The smallest absolute Gasteiger partial charge is 0.410 e. The van der Waals surface area contributed by atoms with Gasteiger partial charge in [0.2, 0.25) is 0 Å². The third-order valence-electron chi connectivity index (χ3n) is 3.52. The van der Waals surface area contributed by atoms with Gasteiger partial charge in [-0.15, -0.1) is 11.3 Å². The normalized spacial score (nSPS) is 17.9. The van der Waals surface area contributed by atoms with E-state index in [-0.39, 0.29) is 6.09 Å². The molecule has 0 fully saturated rings. The molecule has 0 saturated heterocycles. The summed E-state index contributed by atoms with van der Waals surface area (Å²) < 4.78 is 11.0. The van der Waals surface area contributed by atoms with E-state index in [1.165, 1.54) is 16.0 Å². The van der Waals surface area contributed by atoms with E-state index in [9.17, 15) is 4.79 Å². The standard InChI is InChI=1S/C15H21N3O3S/c1-15(2,3)21-14(19)18-5-4-10-11-7-20-9-16-8-17-13(11)22-12(10)6-18/h8H,4-7,9H2,1-3H3,(H,16,17). The SMILES string of the molecule is CC(C)(C)OC(=O)N1CCc2c(sc3c2COCN=CN3)C1. The molecule has 2 aliphatic heterocycles. The lowest BCUT2D eigenvalue weighted by molar-refractivity contribution is 0.0226. The number of hydrogen-bond acceptors (Lipinski definition) is 6. The molecule has 0 unspecified atom stereocenters. The summed E-state index contributed by atoms with van der Waals surface area (Å²) in [4.78, 5) is 19.3.